The molecule has 0 saturated carbocycles. The molecule has 106 valence electrons. The molecule has 0 aliphatic heterocycles. The molecule has 1 aromatic carbocycles. The number of nitrogens with zero attached hydrogens (tertiary/aromatic N) is 3. The van der Waals surface area contributed by atoms with Gasteiger partial charge in [0, 0.05) is 18.4 Å². The second kappa shape index (κ2) is 4.90. The van der Waals surface area contributed by atoms with Gasteiger partial charge in [0.25, 0.3) is 5.56 Å². The Bertz CT molecular complexity index is 885. The van der Waals surface area contributed by atoms with E-state index in [0.29, 0.717) is 22.5 Å². The van der Waals surface area contributed by atoms with Gasteiger partial charge in [0.2, 0.25) is 0 Å². The number of nitrogen functional groups attached to an aromatic ring is 1. The van der Waals surface area contributed by atoms with Gasteiger partial charge in [-0.3, -0.25) is 4.79 Å². The summed E-state index contributed by atoms with van der Waals surface area (Å²) < 4.78 is 1.41. The third kappa shape index (κ3) is 2.43. The fraction of sp³-hybridized carbons (Fsp3) is 0.133. The zero-order valence-corrected chi connectivity index (χ0v) is 11.8. The quantitative estimate of drug-likeness (QED) is 0.701. The molecule has 2 heterocycles. The Morgan fingerprint density at radius 3 is 2.86 bits per heavy atom. The van der Waals surface area contributed by atoms with E-state index in [1.807, 2.05) is 25.1 Å². The number of aryl methyl sites for hydroxylation is 2. The summed E-state index contributed by atoms with van der Waals surface area (Å²) in [6.07, 6.45) is 1.49. The molecule has 0 amide bonds. The molecule has 21 heavy (non-hydrogen) atoms. The van der Waals surface area contributed by atoms with Crippen molar-refractivity contribution in [2.45, 2.75) is 6.92 Å². The van der Waals surface area contributed by atoms with Crippen LogP contribution in [0, 0.1) is 6.92 Å². The fourth-order valence-corrected chi connectivity index (χ4v) is 2.06. The lowest BCUT2D eigenvalue weighted by Gasteiger charge is -2.10. The largest absolute Gasteiger partial charge is 0.399 e. The Labute approximate surface area is 121 Å². The standard InChI is InChI=1S/C15H15N5O/c1-9-3-4-10(16)7-12(9)18-13-6-5-11-14(19-13)15(21)20(2)8-17-11/h3-8H,16H2,1-2H3,(H,18,19). The highest BCUT2D eigenvalue weighted by molar-refractivity contribution is 5.76. The van der Waals surface area contributed by atoms with E-state index in [9.17, 15) is 4.79 Å². The zero-order valence-electron chi connectivity index (χ0n) is 11.8. The highest BCUT2D eigenvalue weighted by Gasteiger charge is 2.06. The monoisotopic (exact) mass is 281 g/mol. The number of anilines is 3. The SMILES string of the molecule is Cc1ccc(N)cc1Nc1ccc2ncn(C)c(=O)c2n1. The second-order valence-electron chi connectivity index (χ2n) is 4.92. The highest BCUT2D eigenvalue weighted by atomic mass is 16.1. The van der Waals surface area contributed by atoms with E-state index < -0.39 is 0 Å². The van der Waals surface area contributed by atoms with Gasteiger partial charge in [-0.25, -0.2) is 9.97 Å². The van der Waals surface area contributed by atoms with E-state index in [1.165, 1.54) is 10.9 Å². The predicted octanol–water partition coefficient (Wildman–Crippen LogP) is 1.96. The number of rotatable bonds is 2. The van der Waals surface area contributed by atoms with Crippen molar-refractivity contribution in [3.8, 4) is 0 Å². The molecule has 0 bridgehead atoms. The maximum absolute atomic E-state index is 12.1. The van der Waals surface area contributed by atoms with Crippen LogP contribution in [0.1, 0.15) is 5.56 Å². The Morgan fingerprint density at radius 2 is 2.05 bits per heavy atom. The van der Waals surface area contributed by atoms with Crippen LogP contribution in [-0.4, -0.2) is 14.5 Å². The van der Waals surface area contributed by atoms with Gasteiger partial charge in [0.15, 0.2) is 5.52 Å². The van der Waals surface area contributed by atoms with Crippen LogP contribution in [-0.2, 0) is 7.05 Å². The zero-order chi connectivity index (χ0) is 15.0. The van der Waals surface area contributed by atoms with Gasteiger partial charge < -0.3 is 15.6 Å². The maximum atomic E-state index is 12.1. The summed E-state index contributed by atoms with van der Waals surface area (Å²) in [6.45, 7) is 1.98. The van der Waals surface area contributed by atoms with Crippen LogP contribution in [0.3, 0.4) is 0 Å². The van der Waals surface area contributed by atoms with Crippen LogP contribution >= 0.6 is 0 Å². The minimum atomic E-state index is -0.173. The number of nitrogens with two attached hydrogens (primary N) is 1. The first-order valence-electron chi connectivity index (χ1n) is 6.50. The first kappa shape index (κ1) is 13.1. The molecule has 6 nitrogen and oxygen atoms in total. The Hall–Kier alpha value is -2.89. The molecule has 2 aromatic heterocycles. The van der Waals surface area contributed by atoms with Crippen LogP contribution in [0.2, 0.25) is 0 Å². The number of hydrogen-bond donors (Lipinski definition) is 2. The summed E-state index contributed by atoms with van der Waals surface area (Å²) in [5.74, 6) is 0.585. The third-order valence-electron chi connectivity index (χ3n) is 3.29. The lowest BCUT2D eigenvalue weighted by molar-refractivity contribution is 0.839. The van der Waals surface area contributed by atoms with Crippen LogP contribution in [0.25, 0.3) is 11.0 Å². The van der Waals surface area contributed by atoms with E-state index >= 15 is 0 Å². The summed E-state index contributed by atoms with van der Waals surface area (Å²) in [4.78, 5) is 20.6. The lowest BCUT2D eigenvalue weighted by atomic mass is 10.2. The Kier molecular flexibility index (Phi) is 3.06. The molecule has 0 radical (unpaired) electrons. The molecule has 6 heteroatoms. The predicted molar refractivity (Wildman–Crippen MR) is 83.7 cm³/mol. The van der Waals surface area contributed by atoms with Crippen LogP contribution in [0.5, 0.6) is 0 Å². The normalized spacial score (nSPS) is 10.8. The van der Waals surface area contributed by atoms with Crippen LogP contribution in [0.15, 0.2) is 41.5 Å². The number of pyridine rings is 1. The third-order valence-corrected chi connectivity index (χ3v) is 3.29. The second-order valence-corrected chi connectivity index (χ2v) is 4.92. The smallest absolute Gasteiger partial charge is 0.279 e. The molecule has 0 aliphatic rings. The minimum absolute atomic E-state index is 0.173. The van der Waals surface area contributed by atoms with E-state index in [2.05, 4.69) is 15.3 Å². The van der Waals surface area contributed by atoms with Crippen molar-refractivity contribution < 1.29 is 0 Å². The molecule has 0 fully saturated rings. The molecule has 3 rings (SSSR count). The molecule has 0 aliphatic carbocycles. The molecule has 0 spiro atoms. The van der Waals surface area contributed by atoms with Gasteiger partial charge in [-0.05, 0) is 36.8 Å². The van der Waals surface area contributed by atoms with E-state index in [1.54, 1.807) is 19.2 Å². The number of fused-ring (bicyclic) bond motifs is 1. The van der Waals surface area contributed by atoms with Crippen molar-refractivity contribution in [3.63, 3.8) is 0 Å². The molecular formula is C15H15N5O. The Balaban J connectivity index is 2.07. The lowest BCUT2D eigenvalue weighted by Crippen LogP contribution is -2.18. The summed E-state index contributed by atoms with van der Waals surface area (Å²) in [5.41, 5.74) is 9.11. The van der Waals surface area contributed by atoms with Crippen molar-refractivity contribution in [3.05, 3.63) is 52.6 Å². The minimum Gasteiger partial charge on any atom is -0.399 e. The molecule has 3 N–H and O–H groups in total. The maximum Gasteiger partial charge on any atom is 0.279 e. The van der Waals surface area contributed by atoms with E-state index in [0.717, 1.165) is 11.3 Å². The molecular weight excluding hydrogens is 266 g/mol. The Morgan fingerprint density at radius 1 is 1.24 bits per heavy atom. The number of aromatic nitrogens is 3. The molecule has 0 atom stereocenters. The van der Waals surface area contributed by atoms with Crippen molar-refractivity contribution in [1.82, 2.24) is 14.5 Å². The van der Waals surface area contributed by atoms with Gasteiger partial charge in [-0.1, -0.05) is 6.07 Å². The van der Waals surface area contributed by atoms with E-state index in [4.69, 9.17) is 5.73 Å². The summed E-state index contributed by atoms with van der Waals surface area (Å²) >= 11 is 0. The van der Waals surface area contributed by atoms with Crippen LogP contribution < -0.4 is 16.6 Å². The fourth-order valence-electron chi connectivity index (χ4n) is 2.06. The number of hydrogen-bond acceptors (Lipinski definition) is 5. The summed E-state index contributed by atoms with van der Waals surface area (Å²) in [6, 6.07) is 9.17. The summed E-state index contributed by atoms with van der Waals surface area (Å²) in [7, 11) is 1.65. The first-order valence-corrected chi connectivity index (χ1v) is 6.50. The van der Waals surface area contributed by atoms with Crippen molar-refractivity contribution >= 4 is 28.2 Å². The van der Waals surface area contributed by atoms with Crippen molar-refractivity contribution in [1.29, 1.82) is 0 Å². The van der Waals surface area contributed by atoms with Gasteiger partial charge in [-0.2, -0.15) is 0 Å². The van der Waals surface area contributed by atoms with Gasteiger partial charge in [0.05, 0.1) is 11.8 Å². The molecule has 3 aromatic rings. The van der Waals surface area contributed by atoms with Gasteiger partial charge in [0.1, 0.15) is 5.82 Å². The highest BCUT2D eigenvalue weighted by Crippen LogP contribution is 2.22. The average molecular weight is 281 g/mol. The van der Waals surface area contributed by atoms with Gasteiger partial charge >= 0.3 is 0 Å². The topological polar surface area (TPSA) is 85.8 Å². The number of benzene rings is 1. The number of nitrogens with one attached hydrogen (secondary N) is 1. The van der Waals surface area contributed by atoms with Crippen molar-refractivity contribution in [2.75, 3.05) is 11.1 Å². The average Bonchev–Trinajstić information content (AvgIpc) is 2.47. The van der Waals surface area contributed by atoms with Gasteiger partial charge in [-0.15, -0.1) is 0 Å². The van der Waals surface area contributed by atoms with Crippen LogP contribution in [0.4, 0.5) is 17.2 Å². The first-order chi connectivity index (χ1) is 10.0. The molecule has 0 saturated heterocycles. The van der Waals surface area contributed by atoms with E-state index in [-0.39, 0.29) is 5.56 Å². The molecule has 0 unspecified atom stereocenters. The summed E-state index contributed by atoms with van der Waals surface area (Å²) in [5, 5.41) is 3.18. The van der Waals surface area contributed by atoms with Crippen molar-refractivity contribution in [2.24, 2.45) is 7.05 Å².